The fraction of sp³-hybridized carbons (Fsp3) is 0.421. The normalized spacial score (nSPS) is 17.0. The molecule has 1 atom stereocenters. The molecule has 142 valence electrons. The zero-order valence-corrected chi connectivity index (χ0v) is 16.9. The van der Waals surface area contributed by atoms with Gasteiger partial charge in [-0.1, -0.05) is 12.1 Å². The van der Waals surface area contributed by atoms with Gasteiger partial charge in [0.2, 0.25) is 0 Å². The van der Waals surface area contributed by atoms with Crippen LogP contribution in [0.15, 0.2) is 52.1 Å². The second-order valence-electron chi connectivity index (χ2n) is 6.06. The van der Waals surface area contributed by atoms with Gasteiger partial charge in [0.1, 0.15) is 11.6 Å². The van der Waals surface area contributed by atoms with Crippen LogP contribution in [-0.2, 0) is 17.7 Å². The molecule has 5 nitrogen and oxygen atoms in total. The maximum atomic E-state index is 13.0. The minimum Gasteiger partial charge on any atom is -0.469 e. The molecule has 1 aliphatic rings. The summed E-state index contributed by atoms with van der Waals surface area (Å²) in [5, 5.41) is 6.65. The van der Waals surface area contributed by atoms with Crippen LogP contribution in [0.25, 0.3) is 0 Å². The molecule has 0 spiro atoms. The molecule has 1 aromatic heterocycles. The number of guanidine groups is 1. The number of aliphatic imine (C=N–C) groups is 1. The first kappa shape index (κ1) is 20.7. The second kappa shape index (κ2) is 11.2. The molecule has 1 saturated heterocycles. The molecular formula is C19H25FIN3O2. The Kier molecular flexibility index (Phi) is 8.90. The van der Waals surface area contributed by atoms with Gasteiger partial charge in [-0.25, -0.2) is 9.38 Å². The van der Waals surface area contributed by atoms with Gasteiger partial charge in [-0.15, -0.1) is 24.0 Å². The van der Waals surface area contributed by atoms with Crippen LogP contribution in [0.1, 0.15) is 24.2 Å². The molecule has 2 N–H and O–H groups in total. The number of nitrogens with one attached hydrogen (secondary N) is 2. The lowest BCUT2D eigenvalue weighted by atomic mass is 10.2. The van der Waals surface area contributed by atoms with Crippen molar-refractivity contribution in [3.05, 3.63) is 59.8 Å². The SMILES string of the molecule is Fc1ccc(CN=C(NCCc2ccco2)NCC2CCCO2)cc1.I. The molecule has 1 fully saturated rings. The zero-order chi connectivity index (χ0) is 17.3. The van der Waals surface area contributed by atoms with Crippen LogP contribution in [-0.4, -0.2) is 31.8 Å². The van der Waals surface area contributed by atoms with Crippen LogP contribution in [0, 0.1) is 5.82 Å². The summed E-state index contributed by atoms with van der Waals surface area (Å²) in [6.07, 6.45) is 4.88. The Hall–Kier alpha value is -1.61. The van der Waals surface area contributed by atoms with E-state index in [1.807, 2.05) is 12.1 Å². The summed E-state index contributed by atoms with van der Waals surface area (Å²) in [4.78, 5) is 4.59. The Balaban J connectivity index is 0.00000243. The Morgan fingerprint density at radius 3 is 2.73 bits per heavy atom. The van der Waals surface area contributed by atoms with Gasteiger partial charge in [0, 0.05) is 26.1 Å². The van der Waals surface area contributed by atoms with Crippen LogP contribution in [0.3, 0.4) is 0 Å². The van der Waals surface area contributed by atoms with Gasteiger partial charge in [0.05, 0.1) is 18.9 Å². The second-order valence-corrected chi connectivity index (χ2v) is 6.06. The van der Waals surface area contributed by atoms with Crippen LogP contribution in [0.5, 0.6) is 0 Å². The van der Waals surface area contributed by atoms with Crippen molar-refractivity contribution in [1.29, 1.82) is 0 Å². The third-order valence-corrected chi connectivity index (χ3v) is 4.10. The molecule has 0 saturated carbocycles. The zero-order valence-electron chi connectivity index (χ0n) is 14.6. The van der Waals surface area contributed by atoms with Crippen molar-refractivity contribution in [3.63, 3.8) is 0 Å². The average Bonchev–Trinajstić information content (AvgIpc) is 3.32. The van der Waals surface area contributed by atoms with Crippen molar-refractivity contribution in [1.82, 2.24) is 10.6 Å². The fourth-order valence-electron chi connectivity index (χ4n) is 2.71. The number of hydrogen-bond donors (Lipinski definition) is 2. The lowest BCUT2D eigenvalue weighted by molar-refractivity contribution is 0.114. The summed E-state index contributed by atoms with van der Waals surface area (Å²) >= 11 is 0. The quantitative estimate of drug-likeness (QED) is 0.367. The topological polar surface area (TPSA) is 58.8 Å². The summed E-state index contributed by atoms with van der Waals surface area (Å²) in [5.74, 6) is 1.43. The van der Waals surface area contributed by atoms with E-state index in [0.29, 0.717) is 13.1 Å². The first-order chi connectivity index (χ1) is 12.3. The molecule has 7 heteroatoms. The molecule has 0 radical (unpaired) electrons. The molecule has 0 bridgehead atoms. The Labute approximate surface area is 170 Å². The predicted octanol–water partition coefficient (Wildman–Crippen LogP) is 3.49. The minimum atomic E-state index is -0.235. The fourth-order valence-corrected chi connectivity index (χ4v) is 2.71. The Bertz CT molecular complexity index is 656. The van der Waals surface area contributed by atoms with E-state index in [4.69, 9.17) is 9.15 Å². The van der Waals surface area contributed by atoms with E-state index in [1.54, 1.807) is 18.4 Å². The van der Waals surface area contributed by atoms with Crippen LogP contribution < -0.4 is 10.6 Å². The van der Waals surface area contributed by atoms with Crippen molar-refractivity contribution in [2.24, 2.45) is 4.99 Å². The first-order valence-corrected chi connectivity index (χ1v) is 8.70. The standard InChI is InChI=1S/C19H24FN3O2.HI/c20-16-7-5-15(6-8-16)13-22-19(23-14-18-4-2-12-25-18)21-10-9-17-3-1-11-24-17;/h1,3,5-8,11,18H,2,4,9-10,12-14H2,(H2,21,22,23);1H. The number of halogens is 2. The summed E-state index contributed by atoms with van der Waals surface area (Å²) in [6, 6.07) is 10.2. The number of hydrogen-bond acceptors (Lipinski definition) is 3. The number of benzene rings is 1. The lowest BCUT2D eigenvalue weighted by Crippen LogP contribution is -2.41. The predicted molar refractivity (Wildman–Crippen MR) is 110 cm³/mol. The molecule has 1 unspecified atom stereocenters. The van der Waals surface area contributed by atoms with E-state index >= 15 is 0 Å². The highest BCUT2D eigenvalue weighted by molar-refractivity contribution is 14.0. The van der Waals surface area contributed by atoms with Crippen LogP contribution in [0.4, 0.5) is 4.39 Å². The summed E-state index contributed by atoms with van der Waals surface area (Å²) in [7, 11) is 0. The van der Waals surface area contributed by atoms with Crippen LogP contribution in [0.2, 0.25) is 0 Å². The number of ether oxygens (including phenoxy) is 1. The van der Waals surface area contributed by atoms with Gasteiger partial charge >= 0.3 is 0 Å². The number of rotatable bonds is 7. The molecule has 2 aromatic rings. The van der Waals surface area contributed by atoms with E-state index in [9.17, 15) is 4.39 Å². The van der Waals surface area contributed by atoms with Gasteiger partial charge in [0.25, 0.3) is 0 Å². The third kappa shape index (κ3) is 6.95. The number of furan rings is 1. The highest BCUT2D eigenvalue weighted by Crippen LogP contribution is 2.10. The van der Waals surface area contributed by atoms with E-state index < -0.39 is 0 Å². The van der Waals surface area contributed by atoms with Gasteiger partial charge in [0.15, 0.2) is 5.96 Å². The van der Waals surface area contributed by atoms with Gasteiger partial charge in [-0.2, -0.15) is 0 Å². The first-order valence-electron chi connectivity index (χ1n) is 8.70. The lowest BCUT2D eigenvalue weighted by Gasteiger charge is -2.15. The van der Waals surface area contributed by atoms with E-state index in [1.165, 1.54) is 12.1 Å². The summed E-state index contributed by atoms with van der Waals surface area (Å²) < 4.78 is 24.0. The molecule has 0 aliphatic carbocycles. The minimum absolute atomic E-state index is 0. The molecule has 0 amide bonds. The maximum absolute atomic E-state index is 13.0. The van der Waals surface area contributed by atoms with Gasteiger partial charge in [-0.05, 0) is 42.7 Å². The van der Waals surface area contributed by atoms with Crippen molar-refractivity contribution >= 4 is 29.9 Å². The van der Waals surface area contributed by atoms with Crippen LogP contribution >= 0.6 is 24.0 Å². The number of nitrogens with zero attached hydrogens (tertiary/aromatic N) is 1. The summed E-state index contributed by atoms with van der Waals surface area (Å²) in [6.45, 7) is 2.77. The molecule has 2 heterocycles. The molecule has 1 aliphatic heterocycles. The smallest absolute Gasteiger partial charge is 0.191 e. The highest BCUT2D eigenvalue weighted by atomic mass is 127. The molecule has 3 rings (SSSR count). The maximum Gasteiger partial charge on any atom is 0.191 e. The molecule has 26 heavy (non-hydrogen) atoms. The highest BCUT2D eigenvalue weighted by Gasteiger charge is 2.15. The monoisotopic (exact) mass is 473 g/mol. The van der Waals surface area contributed by atoms with E-state index in [0.717, 1.165) is 49.7 Å². The largest absolute Gasteiger partial charge is 0.469 e. The van der Waals surface area contributed by atoms with E-state index in [-0.39, 0.29) is 35.9 Å². The van der Waals surface area contributed by atoms with Gasteiger partial charge in [-0.3, -0.25) is 0 Å². The van der Waals surface area contributed by atoms with Crippen molar-refractivity contribution in [3.8, 4) is 0 Å². The van der Waals surface area contributed by atoms with Crippen molar-refractivity contribution in [2.45, 2.75) is 31.9 Å². The van der Waals surface area contributed by atoms with E-state index in [2.05, 4.69) is 15.6 Å². The third-order valence-electron chi connectivity index (χ3n) is 4.10. The Morgan fingerprint density at radius 2 is 2.04 bits per heavy atom. The molecular weight excluding hydrogens is 448 g/mol. The van der Waals surface area contributed by atoms with Crippen molar-refractivity contribution < 1.29 is 13.5 Å². The van der Waals surface area contributed by atoms with Crippen molar-refractivity contribution in [2.75, 3.05) is 19.7 Å². The average molecular weight is 473 g/mol. The molecule has 1 aromatic carbocycles. The Morgan fingerprint density at radius 1 is 1.19 bits per heavy atom. The van der Waals surface area contributed by atoms with Gasteiger partial charge < -0.3 is 19.8 Å². The summed E-state index contributed by atoms with van der Waals surface area (Å²) in [5.41, 5.74) is 0.964.